The zero-order chi connectivity index (χ0) is 17.7. The first-order chi connectivity index (χ1) is 11.2. The fourth-order valence-corrected chi connectivity index (χ4v) is 4.54. The summed E-state index contributed by atoms with van der Waals surface area (Å²) in [4.78, 5) is 4.52. The van der Waals surface area contributed by atoms with E-state index in [0.29, 0.717) is 31.0 Å². The Hall–Kier alpha value is -0.900. The third kappa shape index (κ3) is 7.47. The quantitative estimate of drug-likeness (QED) is 0.384. The molecular weight excluding hydrogens is 456 g/mol. The van der Waals surface area contributed by atoms with E-state index in [-0.39, 0.29) is 53.3 Å². The van der Waals surface area contributed by atoms with Crippen LogP contribution in [0.1, 0.15) is 31.4 Å². The summed E-state index contributed by atoms with van der Waals surface area (Å²) >= 11 is 0. The highest BCUT2D eigenvalue weighted by atomic mass is 127. The normalized spacial score (nSPS) is 19.6. The number of aryl methyl sites for hydroxylation is 1. The topological polar surface area (TPSA) is 70.6 Å². The van der Waals surface area contributed by atoms with Gasteiger partial charge in [-0.25, -0.2) is 17.8 Å². The molecule has 0 aromatic heterocycles. The van der Waals surface area contributed by atoms with Crippen LogP contribution in [-0.2, 0) is 16.4 Å². The van der Waals surface area contributed by atoms with Crippen molar-refractivity contribution in [2.75, 3.05) is 18.1 Å². The first-order valence-electron chi connectivity index (χ1n) is 8.25. The molecule has 0 radical (unpaired) electrons. The first-order valence-corrected chi connectivity index (χ1v) is 10.1. The molecule has 1 heterocycles. The van der Waals surface area contributed by atoms with Crippen molar-refractivity contribution >= 4 is 39.8 Å². The number of halogens is 2. The van der Waals surface area contributed by atoms with Crippen LogP contribution in [0, 0.1) is 18.7 Å². The summed E-state index contributed by atoms with van der Waals surface area (Å²) < 4.78 is 36.4. The SMILES string of the molecule is Cc1cc(CN=C(NCC2CCS(=O)(=O)C2)NC(C)C)ccc1F.I. The Balaban J connectivity index is 0.00000312. The summed E-state index contributed by atoms with van der Waals surface area (Å²) in [6.45, 7) is 6.78. The van der Waals surface area contributed by atoms with Crippen molar-refractivity contribution in [2.45, 2.75) is 39.8 Å². The van der Waals surface area contributed by atoms with Gasteiger partial charge in [-0.05, 0) is 50.3 Å². The predicted octanol–water partition coefficient (Wildman–Crippen LogP) is 2.63. The molecular formula is C17H27FIN3O2S. The van der Waals surface area contributed by atoms with Gasteiger partial charge in [0.05, 0.1) is 18.1 Å². The third-order valence-electron chi connectivity index (χ3n) is 3.95. The van der Waals surface area contributed by atoms with Crippen LogP contribution < -0.4 is 10.6 Å². The fraction of sp³-hybridized carbons (Fsp3) is 0.588. The second-order valence-electron chi connectivity index (χ2n) is 6.70. The Labute approximate surface area is 166 Å². The molecule has 1 atom stereocenters. The van der Waals surface area contributed by atoms with Crippen molar-refractivity contribution in [3.8, 4) is 0 Å². The maximum Gasteiger partial charge on any atom is 0.191 e. The molecule has 0 aliphatic carbocycles. The van der Waals surface area contributed by atoms with Crippen molar-refractivity contribution in [1.82, 2.24) is 10.6 Å². The van der Waals surface area contributed by atoms with E-state index in [0.717, 1.165) is 5.56 Å². The van der Waals surface area contributed by atoms with Gasteiger partial charge in [0.1, 0.15) is 5.82 Å². The van der Waals surface area contributed by atoms with E-state index >= 15 is 0 Å². The minimum atomic E-state index is -2.87. The third-order valence-corrected chi connectivity index (χ3v) is 5.79. The number of rotatable bonds is 5. The molecule has 1 unspecified atom stereocenters. The van der Waals surface area contributed by atoms with Crippen LogP contribution in [0.2, 0.25) is 0 Å². The number of guanidine groups is 1. The Morgan fingerprint density at radius 3 is 2.68 bits per heavy atom. The summed E-state index contributed by atoms with van der Waals surface area (Å²) in [5, 5.41) is 6.46. The molecule has 1 aromatic rings. The maximum absolute atomic E-state index is 13.3. The van der Waals surface area contributed by atoms with Crippen molar-refractivity contribution < 1.29 is 12.8 Å². The van der Waals surface area contributed by atoms with Gasteiger partial charge < -0.3 is 10.6 Å². The van der Waals surface area contributed by atoms with Crippen molar-refractivity contribution in [3.63, 3.8) is 0 Å². The van der Waals surface area contributed by atoms with Gasteiger partial charge in [-0.2, -0.15) is 0 Å². The van der Waals surface area contributed by atoms with Crippen molar-refractivity contribution in [1.29, 1.82) is 0 Å². The van der Waals surface area contributed by atoms with Gasteiger partial charge in [-0.15, -0.1) is 24.0 Å². The zero-order valence-corrected chi connectivity index (χ0v) is 18.0. The smallest absolute Gasteiger partial charge is 0.191 e. The van der Waals surface area contributed by atoms with Gasteiger partial charge in [0, 0.05) is 12.6 Å². The molecule has 1 aliphatic heterocycles. The molecule has 5 nitrogen and oxygen atoms in total. The Morgan fingerprint density at radius 1 is 1.40 bits per heavy atom. The molecule has 1 aliphatic rings. The molecule has 1 saturated heterocycles. The average molecular weight is 483 g/mol. The number of nitrogens with one attached hydrogen (secondary N) is 2. The van der Waals surface area contributed by atoms with Gasteiger partial charge in [-0.3, -0.25) is 0 Å². The van der Waals surface area contributed by atoms with Crippen LogP contribution in [-0.4, -0.2) is 38.5 Å². The first kappa shape index (κ1) is 22.1. The molecule has 8 heteroatoms. The number of hydrogen-bond acceptors (Lipinski definition) is 3. The predicted molar refractivity (Wildman–Crippen MR) is 111 cm³/mol. The molecule has 142 valence electrons. The highest BCUT2D eigenvalue weighted by molar-refractivity contribution is 14.0. The van der Waals surface area contributed by atoms with Crippen LogP contribution in [0.5, 0.6) is 0 Å². The van der Waals surface area contributed by atoms with Crippen LogP contribution in [0.25, 0.3) is 0 Å². The molecule has 2 rings (SSSR count). The lowest BCUT2D eigenvalue weighted by atomic mass is 10.1. The van der Waals surface area contributed by atoms with Crippen molar-refractivity contribution in [3.05, 3.63) is 35.1 Å². The van der Waals surface area contributed by atoms with Crippen molar-refractivity contribution in [2.24, 2.45) is 10.9 Å². The number of sulfone groups is 1. The lowest BCUT2D eigenvalue weighted by Gasteiger charge is -2.17. The zero-order valence-electron chi connectivity index (χ0n) is 14.9. The van der Waals surface area contributed by atoms with E-state index in [2.05, 4.69) is 15.6 Å². The molecule has 2 N–H and O–H groups in total. The van der Waals surface area contributed by atoms with Crippen LogP contribution in [0.15, 0.2) is 23.2 Å². The van der Waals surface area contributed by atoms with Gasteiger partial charge in [-0.1, -0.05) is 12.1 Å². The van der Waals surface area contributed by atoms with Crippen LogP contribution in [0.3, 0.4) is 0 Å². The van der Waals surface area contributed by atoms with E-state index < -0.39 is 9.84 Å². The highest BCUT2D eigenvalue weighted by Gasteiger charge is 2.27. The minimum Gasteiger partial charge on any atom is -0.356 e. The van der Waals surface area contributed by atoms with E-state index in [9.17, 15) is 12.8 Å². The van der Waals surface area contributed by atoms with E-state index in [1.54, 1.807) is 19.1 Å². The largest absolute Gasteiger partial charge is 0.356 e. The second-order valence-corrected chi connectivity index (χ2v) is 8.93. The average Bonchev–Trinajstić information content (AvgIpc) is 2.84. The molecule has 0 saturated carbocycles. The second kappa shape index (κ2) is 9.70. The Kier molecular flexibility index (Phi) is 8.59. The van der Waals surface area contributed by atoms with Crippen LogP contribution >= 0.6 is 24.0 Å². The Morgan fingerprint density at radius 2 is 2.12 bits per heavy atom. The maximum atomic E-state index is 13.3. The summed E-state index contributed by atoms with van der Waals surface area (Å²) in [6, 6.07) is 5.17. The lowest BCUT2D eigenvalue weighted by Crippen LogP contribution is -2.43. The molecule has 0 spiro atoms. The Bertz CT molecular complexity index is 708. The highest BCUT2D eigenvalue weighted by Crippen LogP contribution is 2.17. The molecule has 25 heavy (non-hydrogen) atoms. The standard InChI is InChI=1S/C17H26FN3O2S.HI/c1-12(2)21-17(20-10-15-6-7-24(22,23)11-15)19-9-14-4-5-16(18)13(3)8-14;/h4-5,8,12,15H,6-7,9-11H2,1-3H3,(H2,19,20,21);1H. The number of benzene rings is 1. The monoisotopic (exact) mass is 483 g/mol. The fourth-order valence-electron chi connectivity index (χ4n) is 2.68. The lowest BCUT2D eigenvalue weighted by molar-refractivity contribution is 0.562. The molecule has 0 bridgehead atoms. The summed E-state index contributed by atoms with van der Waals surface area (Å²) in [5.41, 5.74) is 1.53. The van der Waals surface area contributed by atoms with E-state index in [1.165, 1.54) is 6.07 Å². The van der Waals surface area contributed by atoms with Gasteiger partial charge in [0.15, 0.2) is 15.8 Å². The number of nitrogens with zero attached hydrogens (tertiary/aromatic N) is 1. The molecule has 1 fully saturated rings. The molecule has 0 amide bonds. The van der Waals surface area contributed by atoms with Gasteiger partial charge >= 0.3 is 0 Å². The summed E-state index contributed by atoms with van der Waals surface area (Å²) in [5.74, 6) is 1.08. The van der Waals surface area contributed by atoms with Crippen LogP contribution in [0.4, 0.5) is 4.39 Å². The summed E-state index contributed by atoms with van der Waals surface area (Å²) in [6.07, 6.45) is 0.696. The minimum absolute atomic E-state index is 0. The van der Waals surface area contributed by atoms with E-state index in [4.69, 9.17) is 0 Å². The van der Waals surface area contributed by atoms with E-state index in [1.807, 2.05) is 13.8 Å². The van der Waals surface area contributed by atoms with Gasteiger partial charge in [0.25, 0.3) is 0 Å². The summed E-state index contributed by atoms with van der Waals surface area (Å²) in [7, 11) is -2.87. The molecule has 1 aromatic carbocycles. The van der Waals surface area contributed by atoms with Gasteiger partial charge in [0.2, 0.25) is 0 Å². The number of hydrogen-bond donors (Lipinski definition) is 2. The number of aliphatic imine (C=N–C) groups is 1.